The molecular weight excluding hydrogens is 382 g/mol. The maximum atomic E-state index is 10.6. The SMILES string of the molecule is CON=C1C[C@H](O)[C@H](CCCCCCC(=O)O)[C@H]1CC[C@@H](O)CCc1ccccc1. The van der Waals surface area contributed by atoms with Gasteiger partial charge in [-0.2, -0.15) is 0 Å². The van der Waals surface area contributed by atoms with Crippen LogP contribution in [0.2, 0.25) is 0 Å². The Morgan fingerprint density at radius 3 is 2.57 bits per heavy atom. The highest BCUT2D eigenvalue weighted by atomic mass is 16.6. The van der Waals surface area contributed by atoms with Gasteiger partial charge in [0.25, 0.3) is 0 Å². The van der Waals surface area contributed by atoms with E-state index in [4.69, 9.17) is 9.94 Å². The number of aliphatic hydroxyl groups is 2. The largest absolute Gasteiger partial charge is 0.481 e. The number of benzene rings is 1. The molecule has 0 amide bonds. The third-order valence-corrected chi connectivity index (χ3v) is 6.16. The number of nitrogens with zero attached hydrogens (tertiary/aromatic N) is 1. The van der Waals surface area contributed by atoms with Gasteiger partial charge in [-0.15, -0.1) is 0 Å². The summed E-state index contributed by atoms with van der Waals surface area (Å²) in [6, 6.07) is 10.2. The molecule has 2 rings (SSSR count). The van der Waals surface area contributed by atoms with Gasteiger partial charge in [-0.1, -0.05) is 54.8 Å². The molecule has 1 aliphatic carbocycles. The van der Waals surface area contributed by atoms with E-state index in [1.165, 1.54) is 12.7 Å². The second-order valence-electron chi connectivity index (χ2n) is 8.41. The normalized spacial score (nSPS) is 23.6. The summed E-state index contributed by atoms with van der Waals surface area (Å²) in [5.74, 6) is -0.488. The van der Waals surface area contributed by atoms with E-state index in [1.54, 1.807) is 0 Å². The molecule has 30 heavy (non-hydrogen) atoms. The van der Waals surface area contributed by atoms with E-state index < -0.39 is 12.1 Å². The molecule has 0 bridgehead atoms. The number of carboxylic acids is 1. The predicted octanol–water partition coefficient (Wildman–Crippen LogP) is 4.18. The number of unbranched alkanes of at least 4 members (excludes halogenated alkanes) is 3. The minimum Gasteiger partial charge on any atom is -0.481 e. The number of hydrogen-bond acceptors (Lipinski definition) is 5. The van der Waals surface area contributed by atoms with E-state index in [0.717, 1.165) is 50.7 Å². The second kappa shape index (κ2) is 13.4. The van der Waals surface area contributed by atoms with Crippen LogP contribution < -0.4 is 0 Å². The average molecular weight is 420 g/mol. The van der Waals surface area contributed by atoms with Crippen LogP contribution in [0.1, 0.15) is 69.8 Å². The van der Waals surface area contributed by atoms with Crippen LogP contribution in [0.5, 0.6) is 0 Å². The Kier molecular flexibility index (Phi) is 10.9. The smallest absolute Gasteiger partial charge is 0.303 e. The lowest BCUT2D eigenvalue weighted by Gasteiger charge is -2.23. The van der Waals surface area contributed by atoms with Gasteiger partial charge < -0.3 is 20.2 Å². The molecule has 0 unspecified atom stereocenters. The summed E-state index contributed by atoms with van der Waals surface area (Å²) < 4.78 is 0. The number of aryl methyl sites for hydroxylation is 1. The van der Waals surface area contributed by atoms with Crippen molar-refractivity contribution in [1.82, 2.24) is 0 Å². The summed E-state index contributed by atoms with van der Waals surface area (Å²) >= 11 is 0. The summed E-state index contributed by atoms with van der Waals surface area (Å²) in [6.45, 7) is 0. The Morgan fingerprint density at radius 2 is 1.87 bits per heavy atom. The molecule has 6 heteroatoms. The molecule has 1 aliphatic rings. The highest BCUT2D eigenvalue weighted by Gasteiger charge is 2.39. The van der Waals surface area contributed by atoms with Gasteiger partial charge in [-0.25, -0.2) is 0 Å². The van der Waals surface area contributed by atoms with Crippen molar-refractivity contribution in [3.63, 3.8) is 0 Å². The molecule has 6 nitrogen and oxygen atoms in total. The topological polar surface area (TPSA) is 99.4 Å². The Balaban J connectivity index is 1.80. The fraction of sp³-hybridized carbons (Fsp3) is 0.667. The zero-order chi connectivity index (χ0) is 21.8. The van der Waals surface area contributed by atoms with Crippen molar-refractivity contribution >= 4 is 11.7 Å². The van der Waals surface area contributed by atoms with Gasteiger partial charge in [0.05, 0.1) is 17.9 Å². The van der Waals surface area contributed by atoms with Crippen LogP contribution in [0, 0.1) is 11.8 Å². The van der Waals surface area contributed by atoms with Gasteiger partial charge in [0, 0.05) is 18.8 Å². The van der Waals surface area contributed by atoms with E-state index in [-0.39, 0.29) is 24.4 Å². The van der Waals surface area contributed by atoms with E-state index >= 15 is 0 Å². The maximum Gasteiger partial charge on any atom is 0.303 e. The van der Waals surface area contributed by atoms with Crippen LogP contribution in [0.15, 0.2) is 35.5 Å². The zero-order valence-corrected chi connectivity index (χ0v) is 18.1. The number of carbonyl (C=O) groups is 1. The number of aliphatic hydroxyl groups excluding tert-OH is 2. The van der Waals surface area contributed by atoms with Crippen LogP contribution in [0.4, 0.5) is 0 Å². The standard InChI is InChI=1S/C24H37NO5/c1-30-25-22-17-23(27)21(11-7-2-3-8-12-24(28)29)20(22)16-15-19(26)14-13-18-9-5-4-6-10-18/h4-6,9-10,19-21,23,26-27H,2-3,7-8,11-17H2,1H3,(H,28,29)/t19-,20+,21+,23-/m0/s1. The predicted molar refractivity (Wildman–Crippen MR) is 117 cm³/mol. The summed E-state index contributed by atoms with van der Waals surface area (Å²) in [7, 11) is 1.53. The van der Waals surface area contributed by atoms with Gasteiger partial charge >= 0.3 is 5.97 Å². The zero-order valence-electron chi connectivity index (χ0n) is 18.1. The van der Waals surface area contributed by atoms with E-state index in [1.807, 2.05) is 18.2 Å². The Morgan fingerprint density at radius 1 is 1.13 bits per heavy atom. The lowest BCUT2D eigenvalue weighted by atomic mass is 9.84. The van der Waals surface area contributed by atoms with Crippen LogP contribution in [0.25, 0.3) is 0 Å². The molecule has 0 spiro atoms. The highest BCUT2D eigenvalue weighted by molar-refractivity contribution is 5.89. The van der Waals surface area contributed by atoms with Crippen molar-refractivity contribution in [2.75, 3.05) is 7.11 Å². The summed E-state index contributed by atoms with van der Waals surface area (Å²) in [5.41, 5.74) is 2.13. The fourth-order valence-electron chi connectivity index (χ4n) is 4.53. The number of hydrogen-bond donors (Lipinski definition) is 3. The van der Waals surface area contributed by atoms with Crippen molar-refractivity contribution in [3.8, 4) is 0 Å². The van der Waals surface area contributed by atoms with Crippen LogP contribution in [-0.4, -0.2) is 46.3 Å². The van der Waals surface area contributed by atoms with Crippen molar-refractivity contribution in [1.29, 1.82) is 0 Å². The molecule has 0 aromatic heterocycles. The average Bonchev–Trinajstić information content (AvgIpc) is 3.02. The van der Waals surface area contributed by atoms with Gasteiger partial charge in [0.1, 0.15) is 7.11 Å². The molecular formula is C24H37NO5. The minimum atomic E-state index is -0.743. The van der Waals surface area contributed by atoms with Gasteiger partial charge in [0.2, 0.25) is 0 Å². The van der Waals surface area contributed by atoms with Crippen molar-refractivity contribution < 1.29 is 25.0 Å². The molecule has 1 aromatic carbocycles. The first kappa shape index (κ1) is 24.4. The lowest BCUT2D eigenvalue weighted by Crippen LogP contribution is -2.22. The monoisotopic (exact) mass is 419 g/mol. The highest BCUT2D eigenvalue weighted by Crippen LogP contribution is 2.37. The molecule has 0 heterocycles. The van der Waals surface area contributed by atoms with E-state index in [9.17, 15) is 15.0 Å². The molecule has 3 N–H and O–H groups in total. The Labute approximate surface area is 180 Å². The van der Waals surface area contributed by atoms with Crippen LogP contribution >= 0.6 is 0 Å². The first-order valence-electron chi connectivity index (χ1n) is 11.2. The van der Waals surface area contributed by atoms with Crippen molar-refractivity contribution in [2.45, 2.75) is 82.8 Å². The first-order valence-corrected chi connectivity index (χ1v) is 11.2. The quantitative estimate of drug-likeness (QED) is 0.310. The summed E-state index contributed by atoms with van der Waals surface area (Å²) in [4.78, 5) is 15.6. The van der Waals surface area contributed by atoms with E-state index in [0.29, 0.717) is 19.3 Å². The Bertz CT molecular complexity index is 648. The van der Waals surface area contributed by atoms with E-state index in [2.05, 4.69) is 17.3 Å². The van der Waals surface area contributed by atoms with Crippen LogP contribution in [0.3, 0.4) is 0 Å². The summed E-state index contributed by atoms with van der Waals surface area (Å²) in [6.07, 6.45) is 7.44. The molecule has 1 fully saturated rings. The van der Waals surface area contributed by atoms with Gasteiger partial charge in [-0.05, 0) is 50.0 Å². The summed E-state index contributed by atoms with van der Waals surface area (Å²) in [5, 5.41) is 33.9. The third-order valence-electron chi connectivity index (χ3n) is 6.16. The lowest BCUT2D eigenvalue weighted by molar-refractivity contribution is -0.137. The third kappa shape index (κ3) is 8.44. The van der Waals surface area contributed by atoms with Crippen LogP contribution in [-0.2, 0) is 16.1 Å². The molecule has 0 aliphatic heterocycles. The molecule has 1 aromatic rings. The number of carboxylic acid groups (broad SMARTS) is 1. The Hall–Kier alpha value is -1.92. The molecule has 4 atom stereocenters. The number of rotatable bonds is 14. The van der Waals surface area contributed by atoms with Crippen molar-refractivity contribution in [2.24, 2.45) is 17.0 Å². The number of oxime groups is 1. The fourth-order valence-corrected chi connectivity index (χ4v) is 4.53. The second-order valence-corrected chi connectivity index (χ2v) is 8.41. The number of aliphatic carboxylic acids is 1. The molecule has 0 radical (unpaired) electrons. The molecule has 0 saturated heterocycles. The first-order chi connectivity index (χ1) is 14.5. The molecule has 168 valence electrons. The maximum absolute atomic E-state index is 10.6. The van der Waals surface area contributed by atoms with Gasteiger partial charge in [-0.3, -0.25) is 4.79 Å². The molecule has 1 saturated carbocycles. The van der Waals surface area contributed by atoms with Gasteiger partial charge in [0.15, 0.2) is 0 Å². The van der Waals surface area contributed by atoms with Crippen molar-refractivity contribution in [3.05, 3.63) is 35.9 Å². The minimum absolute atomic E-state index is 0.125.